The molecule has 13 heavy (non-hydrogen) atoms. The Morgan fingerprint density at radius 3 is 2.31 bits per heavy atom. The van der Waals surface area contributed by atoms with Gasteiger partial charge in [-0.25, -0.2) is 0 Å². The summed E-state index contributed by atoms with van der Waals surface area (Å²) in [6, 6.07) is 21.8. The molecule has 0 saturated carbocycles. The van der Waals surface area contributed by atoms with Gasteiger partial charge in [0.05, 0.1) is 0 Å². The number of hydrogen-bond acceptors (Lipinski definition) is 0. The zero-order chi connectivity index (χ0) is 8.93. The Hall–Kier alpha value is -1.56. The van der Waals surface area contributed by atoms with Crippen molar-refractivity contribution >= 4 is 0 Å². The van der Waals surface area contributed by atoms with E-state index < -0.39 is 0 Å². The Bertz CT molecular complexity index is 311. The summed E-state index contributed by atoms with van der Waals surface area (Å²) in [5.41, 5.74) is 2.58. The van der Waals surface area contributed by atoms with Gasteiger partial charge in [0, 0.05) is 0 Å². The van der Waals surface area contributed by atoms with Crippen molar-refractivity contribution in [2.24, 2.45) is 0 Å². The highest BCUT2D eigenvalue weighted by molar-refractivity contribution is 5.24. The lowest BCUT2D eigenvalue weighted by Gasteiger charge is -1.99. The van der Waals surface area contributed by atoms with Crippen molar-refractivity contribution in [1.82, 2.24) is 0 Å². The maximum Gasteiger partial charge on any atom is -0.00196 e. The van der Waals surface area contributed by atoms with Crippen molar-refractivity contribution in [1.29, 1.82) is 0 Å². The monoisotopic (exact) mass is 167 g/mol. The van der Waals surface area contributed by atoms with Gasteiger partial charge in [-0.2, -0.15) is 0 Å². The first-order valence-electron chi connectivity index (χ1n) is 4.45. The van der Waals surface area contributed by atoms with E-state index in [1.165, 1.54) is 11.1 Å². The van der Waals surface area contributed by atoms with Crippen molar-refractivity contribution in [3.63, 3.8) is 0 Å². The van der Waals surface area contributed by atoms with E-state index >= 15 is 0 Å². The van der Waals surface area contributed by atoms with Gasteiger partial charge >= 0.3 is 0 Å². The second kappa shape index (κ2) is 3.90. The molecule has 0 bridgehead atoms. The summed E-state index contributed by atoms with van der Waals surface area (Å²) in [4.78, 5) is 0. The molecule has 0 heterocycles. The molecule has 0 spiro atoms. The van der Waals surface area contributed by atoms with Crippen molar-refractivity contribution in [2.75, 3.05) is 0 Å². The highest BCUT2D eigenvalue weighted by atomic mass is 14.0. The van der Waals surface area contributed by atoms with Crippen LogP contribution in [0.1, 0.15) is 11.1 Å². The SMILES string of the molecule is [c]1ccccc1Cc1ccccc1. The Morgan fingerprint density at radius 1 is 0.846 bits per heavy atom. The van der Waals surface area contributed by atoms with Gasteiger partial charge in [-0.1, -0.05) is 54.6 Å². The fraction of sp³-hybridized carbons (Fsp3) is 0.0769. The van der Waals surface area contributed by atoms with E-state index in [4.69, 9.17) is 0 Å². The van der Waals surface area contributed by atoms with Crippen LogP contribution in [0, 0.1) is 6.07 Å². The van der Waals surface area contributed by atoms with Crippen LogP contribution in [0.5, 0.6) is 0 Å². The Balaban J connectivity index is 2.16. The van der Waals surface area contributed by atoms with Crippen LogP contribution in [-0.4, -0.2) is 0 Å². The van der Waals surface area contributed by atoms with Crippen LogP contribution < -0.4 is 0 Å². The van der Waals surface area contributed by atoms with E-state index in [1.807, 2.05) is 18.2 Å². The Kier molecular flexibility index (Phi) is 2.42. The summed E-state index contributed by atoms with van der Waals surface area (Å²) in [6.45, 7) is 0. The largest absolute Gasteiger partial charge is 0.0622 e. The van der Waals surface area contributed by atoms with Crippen molar-refractivity contribution < 1.29 is 0 Å². The highest BCUT2D eigenvalue weighted by Gasteiger charge is 1.93. The Morgan fingerprint density at radius 2 is 1.62 bits per heavy atom. The molecule has 0 saturated heterocycles. The molecule has 0 heteroatoms. The summed E-state index contributed by atoms with van der Waals surface area (Å²) in [6.07, 6.45) is 0.974. The highest BCUT2D eigenvalue weighted by Crippen LogP contribution is 2.07. The minimum atomic E-state index is 0.974. The third-order valence-corrected chi connectivity index (χ3v) is 2.01. The van der Waals surface area contributed by atoms with E-state index in [-0.39, 0.29) is 0 Å². The van der Waals surface area contributed by atoms with Crippen LogP contribution in [0.25, 0.3) is 0 Å². The zero-order valence-electron chi connectivity index (χ0n) is 7.40. The van der Waals surface area contributed by atoms with Crippen LogP contribution in [0.2, 0.25) is 0 Å². The summed E-state index contributed by atoms with van der Waals surface area (Å²) >= 11 is 0. The number of rotatable bonds is 2. The number of benzene rings is 2. The van der Waals surface area contributed by atoms with Gasteiger partial charge in [-0.3, -0.25) is 0 Å². The predicted octanol–water partition coefficient (Wildman–Crippen LogP) is 3.08. The molecule has 0 aliphatic heterocycles. The molecule has 1 radical (unpaired) electrons. The third-order valence-electron chi connectivity index (χ3n) is 2.01. The molecule has 2 aromatic carbocycles. The van der Waals surface area contributed by atoms with Gasteiger partial charge in [-0.05, 0) is 23.6 Å². The first-order chi connectivity index (χ1) is 6.45. The Labute approximate surface area is 78.9 Å². The van der Waals surface area contributed by atoms with Gasteiger partial charge in [0.2, 0.25) is 0 Å². The van der Waals surface area contributed by atoms with Gasteiger partial charge < -0.3 is 0 Å². The van der Waals surface area contributed by atoms with Crippen LogP contribution in [0.15, 0.2) is 54.6 Å². The second-order valence-corrected chi connectivity index (χ2v) is 3.05. The van der Waals surface area contributed by atoms with Gasteiger partial charge in [0.1, 0.15) is 0 Å². The summed E-state index contributed by atoms with van der Waals surface area (Å²) in [5.74, 6) is 0. The molecule has 2 rings (SSSR count). The topological polar surface area (TPSA) is 0 Å². The molecule has 0 aromatic heterocycles. The average Bonchev–Trinajstić information content (AvgIpc) is 2.21. The van der Waals surface area contributed by atoms with E-state index in [0.717, 1.165) is 6.42 Å². The van der Waals surface area contributed by atoms with Gasteiger partial charge in [0.15, 0.2) is 0 Å². The minimum Gasteiger partial charge on any atom is -0.0622 e. The molecule has 0 atom stereocenters. The molecular weight excluding hydrogens is 156 g/mol. The smallest absolute Gasteiger partial charge is 0.00196 e. The first kappa shape index (κ1) is 8.06. The second-order valence-electron chi connectivity index (χ2n) is 3.05. The lowest BCUT2D eigenvalue weighted by Crippen LogP contribution is -1.86. The average molecular weight is 167 g/mol. The first-order valence-corrected chi connectivity index (χ1v) is 4.45. The summed E-state index contributed by atoms with van der Waals surface area (Å²) in [5, 5.41) is 0. The fourth-order valence-electron chi connectivity index (χ4n) is 1.36. The molecule has 0 aliphatic rings. The minimum absolute atomic E-state index is 0.974. The van der Waals surface area contributed by atoms with Gasteiger partial charge in [0.25, 0.3) is 0 Å². The molecule has 0 nitrogen and oxygen atoms in total. The quantitative estimate of drug-likeness (QED) is 0.644. The maximum absolute atomic E-state index is 3.22. The van der Waals surface area contributed by atoms with Crippen LogP contribution in [0.3, 0.4) is 0 Å². The fourth-order valence-corrected chi connectivity index (χ4v) is 1.36. The molecule has 0 unspecified atom stereocenters. The van der Waals surface area contributed by atoms with Crippen molar-refractivity contribution in [3.05, 3.63) is 71.8 Å². The molecular formula is C13H11. The van der Waals surface area contributed by atoms with Crippen LogP contribution in [0.4, 0.5) is 0 Å². The normalized spacial score (nSPS) is 9.85. The molecule has 0 aliphatic carbocycles. The molecule has 2 aromatic rings. The lowest BCUT2D eigenvalue weighted by molar-refractivity contribution is 1.19. The summed E-state index contributed by atoms with van der Waals surface area (Å²) < 4.78 is 0. The zero-order valence-corrected chi connectivity index (χ0v) is 7.40. The van der Waals surface area contributed by atoms with E-state index in [0.29, 0.717) is 0 Å². The molecule has 0 amide bonds. The van der Waals surface area contributed by atoms with Crippen LogP contribution >= 0.6 is 0 Å². The van der Waals surface area contributed by atoms with Gasteiger partial charge in [-0.15, -0.1) is 0 Å². The van der Waals surface area contributed by atoms with Crippen molar-refractivity contribution in [3.8, 4) is 0 Å². The van der Waals surface area contributed by atoms with E-state index in [2.05, 4.69) is 42.5 Å². The lowest BCUT2D eigenvalue weighted by atomic mass is 10.1. The molecule has 63 valence electrons. The summed E-state index contributed by atoms with van der Waals surface area (Å²) in [7, 11) is 0. The standard InChI is InChI=1S/C13H11/c1-3-7-12(8-4-1)11-13-9-5-2-6-10-13/h1-9H,11H2. The maximum atomic E-state index is 3.22. The predicted molar refractivity (Wildman–Crippen MR) is 54.5 cm³/mol. The third kappa shape index (κ3) is 2.19. The van der Waals surface area contributed by atoms with E-state index in [9.17, 15) is 0 Å². The molecule has 0 N–H and O–H groups in total. The van der Waals surface area contributed by atoms with Crippen LogP contribution in [-0.2, 0) is 6.42 Å². The van der Waals surface area contributed by atoms with E-state index in [1.54, 1.807) is 0 Å². The molecule has 0 fully saturated rings. The number of hydrogen-bond donors (Lipinski definition) is 0. The van der Waals surface area contributed by atoms with Crippen molar-refractivity contribution in [2.45, 2.75) is 6.42 Å².